The molecule has 2 rings (SSSR count). The van der Waals surface area contributed by atoms with E-state index < -0.39 is 5.97 Å². The number of carboxylic acids is 1. The average molecular weight is 253 g/mol. The van der Waals surface area contributed by atoms with Gasteiger partial charge in [0, 0.05) is 11.3 Å². The number of hydrogen-bond donors (Lipinski definition) is 1. The van der Waals surface area contributed by atoms with Crippen molar-refractivity contribution in [2.75, 3.05) is 0 Å². The Bertz CT molecular complexity index is 389. The first-order valence-corrected chi connectivity index (χ1v) is 7.23. The van der Waals surface area contributed by atoms with E-state index in [2.05, 4.69) is 11.9 Å². The topological polar surface area (TPSA) is 50.2 Å². The lowest BCUT2D eigenvalue weighted by atomic mass is 9.80. The first-order chi connectivity index (χ1) is 8.19. The maximum Gasteiger partial charge on any atom is 0.309 e. The van der Waals surface area contributed by atoms with Gasteiger partial charge in [-0.25, -0.2) is 4.98 Å². The number of carboxylic acid groups (broad SMARTS) is 1. The van der Waals surface area contributed by atoms with Crippen molar-refractivity contribution in [1.29, 1.82) is 0 Å². The lowest BCUT2D eigenvalue weighted by molar-refractivity contribution is -0.136. The van der Waals surface area contributed by atoms with Crippen molar-refractivity contribution in [1.82, 2.24) is 4.98 Å². The zero-order chi connectivity index (χ0) is 12.3. The Balaban J connectivity index is 2.01. The molecule has 2 atom stereocenters. The van der Waals surface area contributed by atoms with E-state index in [0.29, 0.717) is 5.92 Å². The molecule has 94 valence electrons. The van der Waals surface area contributed by atoms with Crippen molar-refractivity contribution in [2.24, 2.45) is 5.92 Å². The quantitative estimate of drug-likeness (QED) is 0.894. The third-order valence-electron chi connectivity index (χ3n) is 3.61. The summed E-state index contributed by atoms with van der Waals surface area (Å²) >= 11 is 1.64. The van der Waals surface area contributed by atoms with Gasteiger partial charge < -0.3 is 5.11 Å². The second-order valence-corrected chi connectivity index (χ2v) is 5.78. The molecule has 1 aromatic rings. The molecule has 0 saturated heterocycles. The Hall–Kier alpha value is -0.900. The summed E-state index contributed by atoms with van der Waals surface area (Å²) in [5.74, 6) is 0.610. The van der Waals surface area contributed by atoms with Gasteiger partial charge in [-0.3, -0.25) is 4.79 Å². The minimum Gasteiger partial charge on any atom is -0.481 e. The average Bonchev–Trinajstić information content (AvgIpc) is 2.77. The summed E-state index contributed by atoms with van der Waals surface area (Å²) in [5, 5.41) is 11.8. The van der Waals surface area contributed by atoms with Gasteiger partial charge in [-0.05, 0) is 18.8 Å². The third-order valence-corrected chi connectivity index (χ3v) is 4.67. The Labute approximate surface area is 106 Å². The van der Waals surface area contributed by atoms with Crippen LogP contribution in [0.4, 0.5) is 0 Å². The number of hydrogen-bond acceptors (Lipinski definition) is 3. The van der Waals surface area contributed by atoms with Gasteiger partial charge in [0.2, 0.25) is 0 Å². The number of nitrogens with zero attached hydrogens (tertiary/aromatic N) is 1. The van der Waals surface area contributed by atoms with Crippen LogP contribution in [-0.4, -0.2) is 16.1 Å². The summed E-state index contributed by atoms with van der Waals surface area (Å²) in [5.41, 5.74) is 0.719. The molecule has 0 aromatic carbocycles. The molecule has 17 heavy (non-hydrogen) atoms. The van der Waals surface area contributed by atoms with Gasteiger partial charge >= 0.3 is 5.97 Å². The second-order valence-electron chi connectivity index (χ2n) is 4.89. The van der Waals surface area contributed by atoms with Crippen LogP contribution in [0.3, 0.4) is 0 Å². The van der Waals surface area contributed by atoms with E-state index in [9.17, 15) is 4.79 Å². The van der Waals surface area contributed by atoms with Crippen molar-refractivity contribution in [3.8, 4) is 0 Å². The molecular formula is C13H19NO2S. The highest BCUT2D eigenvalue weighted by Crippen LogP contribution is 2.38. The molecule has 1 aliphatic carbocycles. The van der Waals surface area contributed by atoms with Crippen LogP contribution in [0.15, 0.2) is 5.38 Å². The molecule has 2 unspecified atom stereocenters. The van der Waals surface area contributed by atoms with E-state index in [1.807, 2.05) is 5.38 Å². The van der Waals surface area contributed by atoms with E-state index in [1.54, 1.807) is 11.3 Å². The Morgan fingerprint density at radius 2 is 2.41 bits per heavy atom. The fourth-order valence-electron chi connectivity index (χ4n) is 2.63. The highest BCUT2D eigenvalue weighted by atomic mass is 32.1. The molecule has 1 heterocycles. The Morgan fingerprint density at radius 1 is 1.59 bits per heavy atom. The molecule has 1 aromatic heterocycles. The molecular weight excluding hydrogens is 234 g/mol. The Kier molecular flexibility index (Phi) is 4.15. The summed E-state index contributed by atoms with van der Waals surface area (Å²) < 4.78 is 0. The predicted molar refractivity (Wildman–Crippen MR) is 68.4 cm³/mol. The molecule has 0 amide bonds. The van der Waals surface area contributed by atoms with Crippen molar-refractivity contribution in [2.45, 2.75) is 51.4 Å². The monoisotopic (exact) mass is 253 g/mol. The van der Waals surface area contributed by atoms with Gasteiger partial charge in [-0.2, -0.15) is 0 Å². The van der Waals surface area contributed by atoms with Gasteiger partial charge in [0.15, 0.2) is 0 Å². The van der Waals surface area contributed by atoms with E-state index in [4.69, 9.17) is 5.11 Å². The van der Waals surface area contributed by atoms with Crippen LogP contribution in [0.2, 0.25) is 0 Å². The van der Waals surface area contributed by atoms with Crippen LogP contribution in [0.25, 0.3) is 0 Å². The highest BCUT2D eigenvalue weighted by molar-refractivity contribution is 7.09. The molecule has 0 aliphatic heterocycles. The summed E-state index contributed by atoms with van der Waals surface area (Å²) in [6, 6.07) is 0. The van der Waals surface area contributed by atoms with E-state index in [-0.39, 0.29) is 6.42 Å². The molecule has 1 aliphatic rings. The van der Waals surface area contributed by atoms with E-state index in [0.717, 1.165) is 16.6 Å². The predicted octanol–water partition coefficient (Wildman–Crippen LogP) is 3.45. The van der Waals surface area contributed by atoms with Crippen molar-refractivity contribution < 1.29 is 9.90 Å². The maximum atomic E-state index is 10.6. The molecule has 4 heteroatoms. The minimum absolute atomic E-state index is 0.0560. The van der Waals surface area contributed by atoms with Gasteiger partial charge in [-0.15, -0.1) is 11.3 Å². The first-order valence-electron chi connectivity index (χ1n) is 6.35. The van der Waals surface area contributed by atoms with Crippen LogP contribution < -0.4 is 0 Å². The van der Waals surface area contributed by atoms with Crippen LogP contribution in [0, 0.1) is 5.92 Å². The molecule has 0 radical (unpaired) electrons. The first kappa shape index (κ1) is 12.6. The van der Waals surface area contributed by atoms with Gasteiger partial charge in [0.1, 0.15) is 0 Å². The molecule has 0 spiro atoms. The van der Waals surface area contributed by atoms with Gasteiger partial charge in [0.25, 0.3) is 0 Å². The van der Waals surface area contributed by atoms with E-state index >= 15 is 0 Å². The summed E-state index contributed by atoms with van der Waals surface area (Å²) in [6.45, 7) is 2.25. The standard InChI is InChI=1S/C13H19NO2S/c1-2-9-4-3-5-10(6-9)13-14-11(8-17-13)7-12(15)16/h8-10H,2-7H2,1H3,(H,15,16). The van der Waals surface area contributed by atoms with Crippen LogP contribution in [-0.2, 0) is 11.2 Å². The number of carbonyl (C=O) groups is 1. The molecule has 1 fully saturated rings. The third kappa shape index (κ3) is 3.28. The summed E-state index contributed by atoms with van der Waals surface area (Å²) in [6.07, 6.45) is 6.40. The minimum atomic E-state index is -0.795. The zero-order valence-electron chi connectivity index (χ0n) is 10.2. The SMILES string of the molecule is CCC1CCCC(c2nc(CC(=O)O)cs2)C1. The van der Waals surface area contributed by atoms with Crippen LogP contribution in [0.1, 0.15) is 55.6 Å². The Morgan fingerprint density at radius 3 is 3.12 bits per heavy atom. The molecule has 1 N–H and O–H groups in total. The lowest BCUT2D eigenvalue weighted by Crippen LogP contribution is -2.13. The molecule has 0 bridgehead atoms. The fourth-order valence-corrected chi connectivity index (χ4v) is 3.60. The zero-order valence-corrected chi connectivity index (χ0v) is 11.0. The number of thiazole rings is 1. The van der Waals surface area contributed by atoms with Crippen molar-refractivity contribution in [3.63, 3.8) is 0 Å². The summed E-state index contributed by atoms with van der Waals surface area (Å²) in [7, 11) is 0. The number of aliphatic carboxylic acids is 1. The maximum absolute atomic E-state index is 10.6. The number of aromatic nitrogens is 1. The van der Waals surface area contributed by atoms with E-state index in [1.165, 1.54) is 32.1 Å². The van der Waals surface area contributed by atoms with Gasteiger partial charge in [-0.1, -0.05) is 26.2 Å². The van der Waals surface area contributed by atoms with Crippen LogP contribution >= 0.6 is 11.3 Å². The fraction of sp³-hybridized carbons (Fsp3) is 0.692. The molecule has 3 nitrogen and oxygen atoms in total. The van der Waals surface area contributed by atoms with Gasteiger partial charge in [0.05, 0.1) is 17.1 Å². The summed E-state index contributed by atoms with van der Waals surface area (Å²) in [4.78, 5) is 15.1. The lowest BCUT2D eigenvalue weighted by Gasteiger charge is -2.26. The van der Waals surface area contributed by atoms with Crippen molar-refractivity contribution in [3.05, 3.63) is 16.1 Å². The largest absolute Gasteiger partial charge is 0.481 e. The molecule has 1 saturated carbocycles. The second kappa shape index (κ2) is 5.63. The smallest absolute Gasteiger partial charge is 0.309 e. The van der Waals surface area contributed by atoms with Crippen LogP contribution in [0.5, 0.6) is 0 Å². The highest BCUT2D eigenvalue weighted by Gasteiger charge is 2.24. The normalized spacial score (nSPS) is 24.8. The van der Waals surface area contributed by atoms with Crippen molar-refractivity contribution >= 4 is 17.3 Å². The number of rotatable bonds is 4.